The van der Waals surface area contributed by atoms with E-state index in [2.05, 4.69) is 5.92 Å². The van der Waals surface area contributed by atoms with Crippen molar-refractivity contribution in [2.45, 2.75) is 30.2 Å². The van der Waals surface area contributed by atoms with Gasteiger partial charge in [0.15, 0.2) is 0 Å². The zero-order valence-electron chi connectivity index (χ0n) is 13.6. The number of terminal acetylenes is 1. The standard InChI is InChI=1S/C17H19ClN2O3S/c1-4-13-10-17(7-8-17)11-20(13)24(22,23)15-9-12(5-6-14(15)18)16(21)19(2)3/h1,5-6,9,13H,7-8,10-11H2,2-3H3. The molecule has 1 spiro atoms. The summed E-state index contributed by atoms with van der Waals surface area (Å²) in [4.78, 5) is 13.5. The molecule has 0 N–H and O–H groups in total. The van der Waals surface area contributed by atoms with Crippen molar-refractivity contribution in [2.75, 3.05) is 20.6 Å². The number of carbonyl (C=O) groups is 1. The summed E-state index contributed by atoms with van der Waals surface area (Å²) in [5.41, 5.74) is 0.314. The fourth-order valence-corrected chi connectivity index (χ4v) is 5.34. The summed E-state index contributed by atoms with van der Waals surface area (Å²) in [6.07, 6.45) is 8.25. The normalized spacial score (nSPS) is 22.3. The molecule has 128 valence electrons. The van der Waals surface area contributed by atoms with E-state index in [1.165, 1.54) is 27.4 Å². The minimum Gasteiger partial charge on any atom is -0.345 e. The lowest BCUT2D eigenvalue weighted by atomic mass is 10.0. The van der Waals surface area contributed by atoms with Crippen LogP contribution in [-0.4, -0.2) is 50.2 Å². The van der Waals surface area contributed by atoms with Crippen LogP contribution in [0.5, 0.6) is 0 Å². The van der Waals surface area contributed by atoms with Gasteiger partial charge in [-0.3, -0.25) is 4.79 Å². The second-order valence-electron chi connectivity index (χ2n) is 6.78. The first-order valence-corrected chi connectivity index (χ1v) is 9.51. The Kier molecular flexibility index (Phi) is 4.15. The highest BCUT2D eigenvalue weighted by atomic mass is 35.5. The lowest BCUT2D eigenvalue weighted by Crippen LogP contribution is -2.35. The van der Waals surface area contributed by atoms with E-state index in [1.807, 2.05) is 0 Å². The lowest BCUT2D eigenvalue weighted by molar-refractivity contribution is 0.0827. The van der Waals surface area contributed by atoms with Gasteiger partial charge in [0.05, 0.1) is 11.1 Å². The topological polar surface area (TPSA) is 57.7 Å². The third-order valence-corrected chi connectivity index (χ3v) is 7.12. The van der Waals surface area contributed by atoms with Crippen LogP contribution >= 0.6 is 11.6 Å². The third-order valence-electron chi connectivity index (χ3n) is 4.79. The average Bonchev–Trinajstić information content (AvgIpc) is 3.17. The van der Waals surface area contributed by atoms with Crippen molar-refractivity contribution in [3.05, 3.63) is 28.8 Å². The Morgan fingerprint density at radius 1 is 1.42 bits per heavy atom. The molecule has 0 bridgehead atoms. The van der Waals surface area contributed by atoms with Gasteiger partial charge in [-0.25, -0.2) is 8.42 Å². The Labute approximate surface area is 147 Å². The van der Waals surface area contributed by atoms with Crippen LogP contribution in [0.4, 0.5) is 0 Å². The van der Waals surface area contributed by atoms with Crippen molar-refractivity contribution in [3.63, 3.8) is 0 Å². The van der Waals surface area contributed by atoms with Crippen LogP contribution in [-0.2, 0) is 10.0 Å². The smallest absolute Gasteiger partial charge is 0.253 e. The molecule has 0 radical (unpaired) electrons. The van der Waals surface area contributed by atoms with Crippen LogP contribution in [0, 0.1) is 17.8 Å². The first-order valence-electron chi connectivity index (χ1n) is 7.69. The molecule has 7 heteroatoms. The molecule has 1 atom stereocenters. The van der Waals surface area contributed by atoms with E-state index in [0.717, 1.165) is 12.8 Å². The van der Waals surface area contributed by atoms with E-state index >= 15 is 0 Å². The minimum absolute atomic E-state index is 0.0354. The van der Waals surface area contributed by atoms with Crippen molar-refractivity contribution in [1.29, 1.82) is 0 Å². The van der Waals surface area contributed by atoms with Gasteiger partial charge in [-0.2, -0.15) is 4.31 Å². The number of halogens is 1. The maximum absolute atomic E-state index is 13.1. The van der Waals surface area contributed by atoms with Crippen LogP contribution < -0.4 is 0 Å². The number of hydrogen-bond acceptors (Lipinski definition) is 3. The SMILES string of the molecule is C#CC1CC2(CC2)CN1S(=O)(=O)c1cc(C(=O)N(C)C)ccc1Cl. The van der Waals surface area contributed by atoms with Crippen molar-refractivity contribution >= 4 is 27.5 Å². The molecule has 24 heavy (non-hydrogen) atoms. The number of nitrogens with zero attached hydrogens (tertiary/aromatic N) is 2. The van der Waals surface area contributed by atoms with E-state index in [0.29, 0.717) is 13.0 Å². The molecule has 1 saturated carbocycles. The first-order chi connectivity index (χ1) is 11.2. The molecule has 1 aromatic carbocycles. The zero-order chi connectivity index (χ0) is 17.7. The van der Waals surface area contributed by atoms with Crippen LogP contribution in [0.15, 0.2) is 23.1 Å². The Bertz CT molecular complexity index is 838. The van der Waals surface area contributed by atoms with Crippen LogP contribution in [0.2, 0.25) is 5.02 Å². The van der Waals surface area contributed by atoms with Gasteiger partial charge < -0.3 is 4.90 Å². The molecule has 1 amide bonds. The highest BCUT2D eigenvalue weighted by molar-refractivity contribution is 7.89. The second-order valence-corrected chi connectivity index (χ2v) is 9.05. The molecule has 1 aliphatic carbocycles. The lowest BCUT2D eigenvalue weighted by Gasteiger charge is -2.21. The predicted octanol–water partition coefficient (Wildman–Crippen LogP) is 2.22. The Balaban J connectivity index is 2.02. The molecule has 1 aliphatic heterocycles. The van der Waals surface area contributed by atoms with Crippen LogP contribution in [0.3, 0.4) is 0 Å². The number of rotatable bonds is 3. The third kappa shape index (κ3) is 2.81. The van der Waals surface area contributed by atoms with Gasteiger partial charge in [0.25, 0.3) is 5.91 Å². The maximum Gasteiger partial charge on any atom is 0.253 e. The highest BCUT2D eigenvalue weighted by Gasteiger charge is 2.55. The van der Waals surface area contributed by atoms with Crippen LogP contribution in [0.1, 0.15) is 29.6 Å². The van der Waals surface area contributed by atoms with Gasteiger partial charge in [-0.1, -0.05) is 17.5 Å². The van der Waals surface area contributed by atoms with Crippen molar-refractivity contribution in [2.24, 2.45) is 5.41 Å². The van der Waals surface area contributed by atoms with Gasteiger partial charge in [0.2, 0.25) is 10.0 Å². The fourth-order valence-electron chi connectivity index (χ4n) is 3.17. The van der Waals surface area contributed by atoms with E-state index in [-0.39, 0.29) is 26.8 Å². The first kappa shape index (κ1) is 17.3. The summed E-state index contributed by atoms with van der Waals surface area (Å²) in [5.74, 6) is 2.31. The quantitative estimate of drug-likeness (QED) is 0.771. The summed E-state index contributed by atoms with van der Waals surface area (Å²) < 4.78 is 27.6. The maximum atomic E-state index is 13.1. The number of hydrogen-bond donors (Lipinski definition) is 0. The van der Waals surface area contributed by atoms with Gasteiger partial charge in [0, 0.05) is 26.2 Å². The zero-order valence-corrected chi connectivity index (χ0v) is 15.2. The van der Waals surface area contributed by atoms with E-state index in [4.69, 9.17) is 18.0 Å². The average molecular weight is 367 g/mol. The Morgan fingerprint density at radius 2 is 2.08 bits per heavy atom. The monoisotopic (exact) mass is 366 g/mol. The molecular formula is C17H19ClN2O3S. The van der Waals surface area contributed by atoms with Gasteiger partial charge in [-0.15, -0.1) is 6.42 Å². The molecule has 1 heterocycles. The second kappa shape index (κ2) is 5.76. The summed E-state index contributed by atoms with van der Waals surface area (Å²) in [7, 11) is -0.639. The minimum atomic E-state index is -3.86. The number of carbonyl (C=O) groups excluding carboxylic acids is 1. The molecule has 1 aromatic rings. The number of amides is 1. The molecule has 2 aliphatic rings. The summed E-state index contributed by atoms with van der Waals surface area (Å²) in [6, 6.07) is 3.85. The van der Waals surface area contributed by atoms with E-state index in [1.54, 1.807) is 14.1 Å². The van der Waals surface area contributed by atoms with Gasteiger partial charge in [0.1, 0.15) is 4.90 Å². The molecule has 5 nitrogen and oxygen atoms in total. The molecule has 1 unspecified atom stereocenters. The molecule has 3 rings (SSSR count). The largest absolute Gasteiger partial charge is 0.345 e. The van der Waals surface area contributed by atoms with Gasteiger partial charge in [-0.05, 0) is 42.9 Å². The van der Waals surface area contributed by atoms with Crippen LogP contribution in [0.25, 0.3) is 0 Å². The Hall–Kier alpha value is -1.55. The fraction of sp³-hybridized carbons (Fsp3) is 0.471. The Morgan fingerprint density at radius 3 is 2.62 bits per heavy atom. The van der Waals surface area contributed by atoms with E-state index < -0.39 is 16.1 Å². The number of sulfonamides is 1. The molecule has 2 fully saturated rings. The number of benzene rings is 1. The molecule has 0 aromatic heterocycles. The van der Waals surface area contributed by atoms with Crippen molar-refractivity contribution < 1.29 is 13.2 Å². The van der Waals surface area contributed by atoms with Crippen molar-refractivity contribution in [3.8, 4) is 12.3 Å². The summed E-state index contributed by atoms with van der Waals surface area (Å²) >= 11 is 6.14. The predicted molar refractivity (Wildman–Crippen MR) is 92.3 cm³/mol. The summed E-state index contributed by atoms with van der Waals surface area (Å²) in [6.45, 7) is 0.423. The van der Waals surface area contributed by atoms with Crippen molar-refractivity contribution in [1.82, 2.24) is 9.21 Å². The van der Waals surface area contributed by atoms with E-state index in [9.17, 15) is 13.2 Å². The molecular weight excluding hydrogens is 348 g/mol. The van der Waals surface area contributed by atoms with Gasteiger partial charge >= 0.3 is 0 Å². The highest BCUT2D eigenvalue weighted by Crippen LogP contribution is 2.55. The summed E-state index contributed by atoms with van der Waals surface area (Å²) in [5, 5.41) is 0.0952. The molecule has 1 saturated heterocycles.